The summed E-state index contributed by atoms with van der Waals surface area (Å²) in [6, 6.07) is 13.2. The molecule has 0 unspecified atom stereocenters. The molecule has 1 amide bonds. The fourth-order valence-corrected chi connectivity index (χ4v) is 4.58. The van der Waals surface area contributed by atoms with Crippen molar-refractivity contribution < 1.29 is 4.79 Å². The Morgan fingerprint density at radius 1 is 1.17 bits per heavy atom. The summed E-state index contributed by atoms with van der Waals surface area (Å²) in [4.78, 5) is 28.7. The van der Waals surface area contributed by atoms with Crippen molar-refractivity contribution in [2.24, 2.45) is 0 Å². The summed E-state index contributed by atoms with van der Waals surface area (Å²) in [6.45, 7) is 0.382. The number of rotatable bonds is 4. The van der Waals surface area contributed by atoms with Crippen LogP contribution in [-0.2, 0) is 6.54 Å². The minimum absolute atomic E-state index is 0.101. The molecular weight excluding hydrogens is 450 g/mol. The van der Waals surface area contributed by atoms with E-state index in [0.29, 0.717) is 27.8 Å². The van der Waals surface area contributed by atoms with Gasteiger partial charge in [0, 0.05) is 16.1 Å². The van der Waals surface area contributed by atoms with Gasteiger partial charge in [0.25, 0.3) is 11.5 Å². The molecular formula is C22H22BrN3O2S. The van der Waals surface area contributed by atoms with E-state index in [2.05, 4.69) is 26.2 Å². The zero-order valence-electron chi connectivity index (χ0n) is 15.9. The van der Waals surface area contributed by atoms with Gasteiger partial charge in [0.05, 0.1) is 17.4 Å². The number of aromatic amines is 1. The number of amides is 1. The second-order valence-electron chi connectivity index (χ2n) is 7.52. The number of benzene rings is 2. The Kier molecular flexibility index (Phi) is 5.96. The number of hydrogen-bond donors (Lipinski definition) is 2. The van der Waals surface area contributed by atoms with E-state index in [1.54, 1.807) is 22.8 Å². The summed E-state index contributed by atoms with van der Waals surface area (Å²) >= 11 is 8.88. The minimum Gasteiger partial charge on any atom is -0.349 e. The first-order chi connectivity index (χ1) is 14.0. The van der Waals surface area contributed by atoms with Gasteiger partial charge in [-0.2, -0.15) is 0 Å². The molecule has 0 bridgehead atoms. The molecule has 1 aliphatic carbocycles. The second-order valence-corrected chi connectivity index (χ2v) is 8.82. The maximum Gasteiger partial charge on any atom is 0.262 e. The van der Waals surface area contributed by atoms with E-state index in [9.17, 15) is 9.59 Å². The smallest absolute Gasteiger partial charge is 0.262 e. The van der Waals surface area contributed by atoms with Crippen molar-refractivity contribution in [3.63, 3.8) is 0 Å². The molecule has 1 aromatic heterocycles. The monoisotopic (exact) mass is 471 g/mol. The van der Waals surface area contributed by atoms with E-state index in [4.69, 9.17) is 12.2 Å². The van der Waals surface area contributed by atoms with Crippen molar-refractivity contribution in [1.82, 2.24) is 14.9 Å². The molecule has 2 N–H and O–H groups in total. The lowest BCUT2D eigenvalue weighted by molar-refractivity contribution is 0.0928. The molecule has 0 spiro atoms. The Hall–Kier alpha value is -2.25. The standard InChI is InChI=1S/C22H22BrN3O2S/c23-16-6-4-5-14(11-16)13-26-21(28)18-10-9-15(12-19(18)25-22(26)29)20(27)24-17-7-2-1-3-8-17/h4-6,9-12,17H,1-3,7-8,13H2,(H,24,27)(H,25,29). The molecule has 1 aliphatic rings. The fraction of sp³-hybridized carbons (Fsp3) is 0.318. The number of carbonyl (C=O) groups excluding carboxylic acids is 1. The number of carbonyl (C=O) groups is 1. The molecule has 2 aromatic carbocycles. The molecule has 4 rings (SSSR count). The van der Waals surface area contributed by atoms with Gasteiger partial charge < -0.3 is 10.3 Å². The highest BCUT2D eigenvalue weighted by molar-refractivity contribution is 9.10. The largest absolute Gasteiger partial charge is 0.349 e. The van der Waals surface area contributed by atoms with Crippen LogP contribution < -0.4 is 10.9 Å². The first kappa shape index (κ1) is 20.0. The van der Waals surface area contributed by atoms with Gasteiger partial charge in [0.15, 0.2) is 4.77 Å². The number of H-pyrrole nitrogens is 1. The lowest BCUT2D eigenvalue weighted by Crippen LogP contribution is -2.36. The quantitative estimate of drug-likeness (QED) is 0.529. The summed E-state index contributed by atoms with van der Waals surface area (Å²) in [6.07, 6.45) is 5.62. The molecule has 3 aromatic rings. The molecule has 0 saturated heterocycles. The van der Waals surface area contributed by atoms with Crippen LogP contribution in [0.3, 0.4) is 0 Å². The van der Waals surface area contributed by atoms with Gasteiger partial charge in [-0.15, -0.1) is 0 Å². The first-order valence-corrected chi connectivity index (χ1v) is 11.0. The maximum absolute atomic E-state index is 13.0. The van der Waals surface area contributed by atoms with E-state index in [1.807, 2.05) is 24.3 Å². The maximum atomic E-state index is 13.0. The van der Waals surface area contributed by atoms with Crippen LogP contribution in [-0.4, -0.2) is 21.5 Å². The zero-order chi connectivity index (χ0) is 20.4. The van der Waals surface area contributed by atoms with Gasteiger partial charge >= 0.3 is 0 Å². The van der Waals surface area contributed by atoms with Crippen LogP contribution in [0, 0.1) is 4.77 Å². The summed E-state index contributed by atoms with van der Waals surface area (Å²) in [7, 11) is 0. The van der Waals surface area contributed by atoms with Crippen LogP contribution in [0.4, 0.5) is 0 Å². The van der Waals surface area contributed by atoms with Gasteiger partial charge in [-0.25, -0.2) is 0 Å². The zero-order valence-corrected chi connectivity index (χ0v) is 18.3. The predicted molar refractivity (Wildman–Crippen MR) is 121 cm³/mol. The summed E-state index contributed by atoms with van der Waals surface area (Å²) in [5, 5.41) is 3.63. The number of halogens is 1. The summed E-state index contributed by atoms with van der Waals surface area (Å²) in [5.74, 6) is -0.101. The Morgan fingerprint density at radius 3 is 2.72 bits per heavy atom. The highest BCUT2D eigenvalue weighted by Crippen LogP contribution is 2.19. The average Bonchev–Trinajstić information content (AvgIpc) is 2.71. The van der Waals surface area contributed by atoms with Gasteiger partial charge in [0.1, 0.15) is 0 Å². The average molecular weight is 472 g/mol. The lowest BCUT2D eigenvalue weighted by atomic mass is 9.95. The van der Waals surface area contributed by atoms with Crippen molar-refractivity contribution in [3.05, 3.63) is 73.2 Å². The lowest BCUT2D eigenvalue weighted by Gasteiger charge is -2.22. The van der Waals surface area contributed by atoms with Crippen molar-refractivity contribution in [2.45, 2.75) is 44.7 Å². The summed E-state index contributed by atoms with van der Waals surface area (Å²) < 4.78 is 2.83. The van der Waals surface area contributed by atoms with Crippen LogP contribution in [0.2, 0.25) is 0 Å². The fourth-order valence-electron chi connectivity index (χ4n) is 3.87. The van der Waals surface area contributed by atoms with E-state index >= 15 is 0 Å². The van der Waals surface area contributed by atoms with Crippen molar-refractivity contribution in [2.75, 3.05) is 0 Å². The number of nitrogens with zero attached hydrogens (tertiary/aromatic N) is 1. The normalized spacial score (nSPS) is 14.8. The topological polar surface area (TPSA) is 66.9 Å². The van der Waals surface area contributed by atoms with Gasteiger partial charge in [-0.3, -0.25) is 14.2 Å². The van der Waals surface area contributed by atoms with Crippen LogP contribution in [0.25, 0.3) is 10.9 Å². The Balaban J connectivity index is 1.63. The van der Waals surface area contributed by atoms with Gasteiger partial charge in [0.2, 0.25) is 0 Å². The third-order valence-corrected chi connectivity index (χ3v) is 6.23. The molecule has 0 atom stereocenters. The van der Waals surface area contributed by atoms with Crippen molar-refractivity contribution in [1.29, 1.82) is 0 Å². The number of nitrogens with one attached hydrogen (secondary N) is 2. The first-order valence-electron chi connectivity index (χ1n) is 9.83. The number of fused-ring (bicyclic) bond motifs is 1. The van der Waals surface area contributed by atoms with Crippen LogP contribution in [0.15, 0.2) is 51.7 Å². The highest BCUT2D eigenvalue weighted by atomic mass is 79.9. The van der Waals surface area contributed by atoms with Crippen LogP contribution in [0.5, 0.6) is 0 Å². The van der Waals surface area contributed by atoms with Crippen molar-refractivity contribution in [3.8, 4) is 0 Å². The third kappa shape index (κ3) is 4.51. The van der Waals surface area contributed by atoms with Crippen molar-refractivity contribution >= 4 is 45.0 Å². The van der Waals surface area contributed by atoms with Gasteiger partial charge in [-0.05, 0) is 61.0 Å². The Morgan fingerprint density at radius 2 is 1.97 bits per heavy atom. The Bertz CT molecular complexity index is 1180. The Labute approximate surface area is 182 Å². The minimum atomic E-state index is -0.164. The molecule has 29 heavy (non-hydrogen) atoms. The molecule has 0 radical (unpaired) electrons. The molecule has 1 fully saturated rings. The van der Waals surface area contributed by atoms with Gasteiger partial charge in [-0.1, -0.05) is 47.3 Å². The molecule has 1 heterocycles. The van der Waals surface area contributed by atoms with Crippen LogP contribution >= 0.6 is 28.1 Å². The predicted octanol–water partition coefficient (Wildman–Crippen LogP) is 4.93. The van der Waals surface area contributed by atoms with E-state index in [-0.39, 0.29) is 17.5 Å². The molecule has 150 valence electrons. The summed E-state index contributed by atoms with van der Waals surface area (Å²) in [5.41, 5.74) is 1.94. The highest BCUT2D eigenvalue weighted by Gasteiger charge is 2.17. The molecule has 7 heteroatoms. The molecule has 5 nitrogen and oxygen atoms in total. The SMILES string of the molecule is O=C(NC1CCCCC1)c1ccc2c(=O)n(Cc3cccc(Br)c3)c(=S)[nH]c2c1. The molecule has 0 aliphatic heterocycles. The van der Waals surface area contributed by atoms with E-state index < -0.39 is 0 Å². The number of hydrogen-bond acceptors (Lipinski definition) is 3. The second kappa shape index (κ2) is 8.63. The van der Waals surface area contributed by atoms with Crippen LogP contribution in [0.1, 0.15) is 48.0 Å². The molecule has 1 saturated carbocycles. The van der Waals surface area contributed by atoms with E-state index in [0.717, 1.165) is 35.7 Å². The third-order valence-electron chi connectivity index (χ3n) is 5.41. The van der Waals surface area contributed by atoms with E-state index in [1.165, 1.54) is 6.42 Å². The number of aromatic nitrogens is 2.